The lowest BCUT2D eigenvalue weighted by molar-refractivity contribution is -0.119. The molecule has 2 aromatic carbocycles. The molecule has 2 N–H and O–H groups in total. The Morgan fingerprint density at radius 1 is 1.04 bits per heavy atom. The highest BCUT2D eigenvalue weighted by Gasteiger charge is 2.16. The molecule has 0 bridgehead atoms. The van der Waals surface area contributed by atoms with Gasteiger partial charge in [-0.25, -0.2) is 4.79 Å². The molecule has 8 heteroatoms. The number of anilines is 1. The van der Waals surface area contributed by atoms with E-state index in [4.69, 9.17) is 39.5 Å². The van der Waals surface area contributed by atoms with Crippen LogP contribution in [0.4, 0.5) is 5.69 Å². The van der Waals surface area contributed by atoms with Crippen LogP contribution in [-0.4, -0.2) is 23.5 Å². The highest BCUT2D eigenvalue weighted by molar-refractivity contribution is 6.42. The van der Waals surface area contributed by atoms with E-state index in [1.165, 1.54) is 12.1 Å². The fraction of sp³-hybridized carbons (Fsp3) is 0.158. The van der Waals surface area contributed by atoms with Crippen molar-refractivity contribution in [3.8, 4) is 0 Å². The molecule has 1 aromatic heterocycles. The van der Waals surface area contributed by atoms with E-state index in [1.807, 2.05) is 26.0 Å². The first kappa shape index (κ1) is 19.5. The normalized spacial score (nSPS) is 10.9. The predicted molar refractivity (Wildman–Crippen MR) is 108 cm³/mol. The summed E-state index contributed by atoms with van der Waals surface area (Å²) in [5.74, 6) is -1.20. The Morgan fingerprint density at radius 2 is 1.70 bits per heavy atom. The molecule has 0 fully saturated rings. The summed E-state index contributed by atoms with van der Waals surface area (Å²) in [4.78, 5) is 27.3. The number of esters is 1. The Morgan fingerprint density at radius 3 is 2.37 bits per heavy atom. The Balaban J connectivity index is 1.67. The maximum atomic E-state index is 12.2. The molecule has 0 atom stereocenters. The van der Waals surface area contributed by atoms with Crippen molar-refractivity contribution >= 4 is 63.3 Å². The number of fused-ring (bicyclic) bond motifs is 1. The molecule has 0 saturated heterocycles. The summed E-state index contributed by atoms with van der Waals surface area (Å²) in [6, 6.07) is 8.57. The highest BCUT2D eigenvalue weighted by atomic mass is 35.5. The number of amides is 1. The number of benzene rings is 2. The number of aryl methyl sites for hydroxylation is 2. The smallest absolute Gasteiger partial charge is 0.355 e. The van der Waals surface area contributed by atoms with E-state index >= 15 is 0 Å². The second-order valence-corrected chi connectivity index (χ2v) is 7.35. The Labute approximate surface area is 170 Å². The van der Waals surface area contributed by atoms with Crippen LogP contribution in [0.2, 0.25) is 15.1 Å². The van der Waals surface area contributed by atoms with E-state index in [0.29, 0.717) is 5.02 Å². The first-order chi connectivity index (χ1) is 12.7. The van der Waals surface area contributed by atoms with Crippen molar-refractivity contribution in [2.75, 3.05) is 11.9 Å². The molecule has 5 nitrogen and oxygen atoms in total. The largest absolute Gasteiger partial charge is 0.451 e. The van der Waals surface area contributed by atoms with Crippen LogP contribution in [0.3, 0.4) is 0 Å². The van der Waals surface area contributed by atoms with E-state index < -0.39 is 18.5 Å². The van der Waals surface area contributed by atoms with Crippen LogP contribution in [0, 0.1) is 13.8 Å². The summed E-state index contributed by atoms with van der Waals surface area (Å²) in [7, 11) is 0. The van der Waals surface area contributed by atoms with Gasteiger partial charge in [-0.2, -0.15) is 0 Å². The topological polar surface area (TPSA) is 71.2 Å². The van der Waals surface area contributed by atoms with Crippen LogP contribution in [0.25, 0.3) is 10.9 Å². The monoisotopic (exact) mass is 424 g/mol. The van der Waals surface area contributed by atoms with Crippen LogP contribution in [0.15, 0.2) is 30.3 Å². The third kappa shape index (κ3) is 4.38. The molecule has 3 aromatic rings. The van der Waals surface area contributed by atoms with Crippen LogP contribution >= 0.6 is 34.8 Å². The van der Waals surface area contributed by atoms with Gasteiger partial charge in [-0.3, -0.25) is 4.79 Å². The summed E-state index contributed by atoms with van der Waals surface area (Å²) in [5, 5.41) is 4.16. The molecule has 1 amide bonds. The molecule has 0 aliphatic heterocycles. The van der Waals surface area contributed by atoms with E-state index in [2.05, 4.69) is 10.3 Å². The van der Waals surface area contributed by atoms with Crippen molar-refractivity contribution in [2.24, 2.45) is 0 Å². The molecular weight excluding hydrogens is 411 g/mol. The lowest BCUT2D eigenvalue weighted by Crippen LogP contribution is -2.21. The number of hydrogen-bond donors (Lipinski definition) is 2. The number of hydrogen-bond acceptors (Lipinski definition) is 3. The Hall–Kier alpha value is -2.21. The van der Waals surface area contributed by atoms with Gasteiger partial charge in [0.25, 0.3) is 5.91 Å². The molecule has 1 heterocycles. The number of ether oxygens (including phenoxy) is 1. The molecule has 0 radical (unpaired) electrons. The minimum Gasteiger partial charge on any atom is -0.451 e. The molecule has 0 aliphatic rings. The Bertz CT molecular complexity index is 1040. The van der Waals surface area contributed by atoms with E-state index in [9.17, 15) is 9.59 Å². The van der Waals surface area contributed by atoms with Gasteiger partial charge in [-0.1, -0.05) is 40.9 Å². The second-order valence-electron chi connectivity index (χ2n) is 6.09. The van der Waals surface area contributed by atoms with Gasteiger partial charge < -0.3 is 15.0 Å². The second kappa shape index (κ2) is 7.80. The maximum Gasteiger partial charge on any atom is 0.355 e. The van der Waals surface area contributed by atoms with Crippen molar-refractivity contribution in [2.45, 2.75) is 13.8 Å². The number of H-pyrrole nitrogens is 1. The molecule has 140 valence electrons. The van der Waals surface area contributed by atoms with Gasteiger partial charge in [0, 0.05) is 15.9 Å². The zero-order chi connectivity index (χ0) is 19.7. The van der Waals surface area contributed by atoms with E-state index in [-0.39, 0.29) is 21.4 Å². The number of aromatic amines is 1. The number of nitrogens with one attached hydrogen (secondary N) is 2. The van der Waals surface area contributed by atoms with Crippen molar-refractivity contribution in [3.05, 3.63) is 62.2 Å². The Kier molecular flexibility index (Phi) is 5.65. The van der Waals surface area contributed by atoms with Gasteiger partial charge in [0.15, 0.2) is 6.61 Å². The molecule has 3 rings (SSSR count). The number of halogens is 3. The summed E-state index contributed by atoms with van der Waals surface area (Å²) >= 11 is 17.9. The average Bonchev–Trinajstić information content (AvgIpc) is 3.00. The van der Waals surface area contributed by atoms with Crippen molar-refractivity contribution in [1.29, 1.82) is 0 Å². The van der Waals surface area contributed by atoms with Gasteiger partial charge >= 0.3 is 5.97 Å². The van der Waals surface area contributed by atoms with Gasteiger partial charge in [0.2, 0.25) is 0 Å². The number of carbonyl (C=O) groups is 2. The lowest BCUT2D eigenvalue weighted by atomic mass is 10.1. The molecule has 0 unspecified atom stereocenters. The van der Waals surface area contributed by atoms with Crippen molar-refractivity contribution in [3.63, 3.8) is 0 Å². The van der Waals surface area contributed by atoms with E-state index in [1.54, 1.807) is 6.07 Å². The van der Waals surface area contributed by atoms with Crippen LogP contribution in [0.1, 0.15) is 21.6 Å². The molecule has 0 saturated carbocycles. The minimum absolute atomic E-state index is 0.189. The summed E-state index contributed by atoms with van der Waals surface area (Å²) in [5.41, 5.74) is 3.45. The first-order valence-corrected chi connectivity index (χ1v) is 9.09. The minimum atomic E-state index is -0.633. The highest BCUT2D eigenvalue weighted by Crippen LogP contribution is 2.33. The molecule has 0 spiro atoms. The number of rotatable bonds is 4. The van der Waals surface area contributed by atoms with Gasteiger partial charge in [0.1, 0.15) is 5.69 Å². The predicted octanol–water partition coefficient (Wildman–Crippen LogP) is 5.54. The summed E-state index contributed by atoms with van der Waals surface area (Å²) in [6.07, 6.45) is 0. The third-order valence-electron chi connectivity index (χ3n) is 3.91. The third-order valence-corrected chi connectivity index (χ3v) is 4.73. The average molecular weight is 426 g/mol. The fourth-order valence-corrected chi connectivity index (χ4v) is 3.67. The van der Waals surface area contributed by atoms with Crippen molar-refractivity contribution in [1.82, 2.24) is 4.98 Å². The summed E-state index contributed by atoms with van der Waals surface area (Å²) in [6.45, 7) is 3.45. The molecule has 27 heavy (non-hydrogen) atoms. The van der Waals surface area contributed by atoms with Gasteiger partial charge in [-0.15, -0.1) is 0 Å². The van der Waals surface area contributed by atoms with E-state index in [0.717, 1.165) is 22.0 Å². The molecule has 0 aliphatic carbocycles. The zero-order valence-corrected chi connectivity index (χ0v) is 16.7. The number of aromatic nitrogens is 1. The fourth-order valence-electron chi connectivity index (χ4n) is 2.76. The lowest BCUT2D eigenvalue weighted by Gasteiger charge is -2.10. The zero-order valence-electron chi connectivity index (χ0n) is 14.5. The SMILES string of the molecule is Cc1cc(C)c2cc(C(=O)OCC(=O)Nc3c(Cl)cc(Cl)cc3Cl)[nH]c2c1. The standard InChI is InChI=1S/C19H15Cl3N2O3/c1-9-3-10(2)12-7-16(23-15(12)4-9)19(26)27-8-17(25)24-18-13(21)5-11(20)6-14(18)22/h3-7,23H,8H2,1-2H3,(H,24,25). The maximum absolute atomic E-state index is 12.2. The van der Waals surface area contributed by atoms with Crippen LogP contribution in [0.5, 0.6) is 0 Å². The first-order valence-electron chi connectivity index (χ1n) is 7.96. The van der Waals surface area contributed by atoms with Crippen molar-refractivity contribution < 1.29 is 14.3 Å². The molecular formula is C19H15Cl3N2O3. The van der Waals surface area contributed by atoms with Crippen LogP contribution < -0.4 is 5.32 Å². The quantitative estimate of drug-likeness (QED) is 0.539. The van der Waals surface area contributed by atoms with Gasteiger partial charge in [0.05, 0.1) is 15.7 Å². The number of carbonyl (C=O) groups excluding carboxylic acids is 2. The van der Waals surface area contributed by atoms with Gasteiger partial charge in [-0.05, 0) is 49.2 Å². The van der Waals surface area contributed by atoms with Crippen LogP contribution in [-0.2, 0) is 9.53 Å². The summed E-state index contributed by atoms with van der Waals surface area (Å²) < 4.78 is 5.07.